The molecule has 10 heteroatoms. The van der Waals surface area contributed by atoms with Gasteiger partial charge in [-0.15, -0.1) is 0 Å². The summed E-state index contributed by atoms with van der Waals surface area (Å²) in [5.41, 5.74) is 1.92. The number of nitro benzene ring substituents is 1. The summed E-state index contributed by atoms with van der Waals surface area (Å²) in [5, 5.41) is 21.4. The van der Waals surface area contributed by atoms with Gasteiger partial charge in [0.1, 0.15) is 16.4 Å². The fourth-order valence-corrected chi connectivity index (χ4v) is 3.66. The van der Waals surface area contributed by atoms with Gasteiger partial charge in [-0.1, -0.05) is 29.3 Å². The van der Waals surface area contributed by atoms with Crippen molar-refractivity contribution in [2.75, 3.05) is 6.61 Å². The van der Waals surface area contributed by atoms with Crippen molar-refractivity contribution < 1.29 is 14.8 Å². The summed E-state index contributed by atoms with van der Waals surface area (Å²) >= 11 is 12.1. The molecule has 0 amide bonds. The number of halogens is 2. The molecule has 0 aliphatic rings. The van der Waals surface area contributed by atoms with Crippen molar-refractivity contribution in [3.05, 3.63) is 80.5 Å². The number of fused-ring (bicyclic) bond motifs is 1. The maximum absolute atomic E-state index is 11.2. The Balaban J connectivity index is 1.86. The SMILES string of the molecule is CCOc1cc(-c2nc3ccccn3c2N=Cc2cc([N+](=O)[O-])c(Cl)cc2Cl)ccc1O. The van der Waals surface area contributed by atoms with Crippen LogP contribution in [0.15, 0.2) is 59.7 Å². The lowest BCUT2D eigenvalue weighted by Crippen LogP contribution is -1.93. The van der Waals surface area contributed by atoms with Crippen LogP contribution in [0.25, 0.3) is 16.9 Å². The molecule has 0 spiro atoms. The second kappa shape index (κ2) is 8.86. The van der Waals surface area contributed by atoms with Crippen LogP contribution in [0, 0.1) is 10.1 Å². The lowest BCUT2D eigenvalue weighted by Gasteiger charge is -2.08. The molecule has 8 nitrogen and oxygen atoms in total. The Morgan fingerprint density at radius 2 is 2.03 bits per heavy atom. The summed E-state index contributed by atoms with van der Waals surface area (Å²) in [4.78, 5) is 19.9. The van der Waals surface area contributed by atoms with Gasteiger partial charge < -0.3 is 9.84 Å². The van der Waals surface area contributed by atoms with Gasteiger partial charge in [0.15, 0.2) is 17.3 Å². The summed E-state index contributed by atoms with van der Waals surface area (Å²) in [7, 11) is 0. The minimum Gasteiger partial charge on any atom is -0.504 e. The number of imidazole rings is 1. The molecule has 0 saturated heterocycles. The average molecular weight is 471 g/mol. The van der Waals surface area contributed by atoms with Gasteiger partial charge in [-0.25, -0.2) is 9.98 Å². The quantitative estimate of drug-likeness (QED) is 0.209. The summed E-state index contributed by atoms with van der Waals surface area (Å²) in [6, 6.07) is 13.0. The molecule has 2 aromatic heterocycles. The summed E-state index contributed by atoms with van der Waals surface area (Å²) in [6.07, 6.45) is 3.23. The third-order valence-electron chi connectivity index (χ3n) is 4.63. The molecule has 0 fully saturated rings. The molecule has 0 atom stereocenters. The van der Waals surface area contributed by atoms with E-state index in [1.165, 1.54) is 24.4 Å². The lowest BCUT2D eigenvalue weighted by atomic mass is 10.1. The number of nitrogens with zero attached hydrogens (tertiary/aromatic N) is 4. The average Bonchev–Trinajstić information content (AvgIpc) is 3.13. The van der Waals surface area contributed by atoms with Crippen LogP contribution >= 0.6 is 23.2 Å². The molecule has 0 bridgehead atoms. The Morgan fingerprint density at radius 1 is 1.22 bits per heavy atom. The molecule has 0 aliphatic heterocycles. The van der Waals surface area contributed by atoms with Crippen LogP contribution in [0.4, 0.5) is 11.5 Å². The molecule has 162 valence electrons. The minimum atomic E-state index is -0.582. The number of phenolic OH excluding ortho intramolecular Hbond substituents is 1. The molecule has 4 aromatic rings. The standard InChI is InChI=1S/C22H16Cl2N4O4/c1-2-32-19-10-13(6-7-18(19)29)21-22(27-8-4-3-5-20(27)26-21)25-12-14-9-17(28(30)31)16(24)11-15(14)23/h3-12,29H,2H2,1H3. The van der Waals surface area contributed by atoms with Crippen molar-refractivity contribution in [2.24, 2.45) is 4.99 Å². The molecule has 1 N–H and O–H groups in total. The van der Waals surface area contributed by atoms with Crippen molar-refractivity contribution in [3.8, 4) is 22.8 Å². The first kappa shape index (κ1) is 21.6. The number of pyridine rings is 1. The van der Waals surface area contributed by atoms with E-state index in [4.69, 9.17) is 27.9 Å². The van der Waals surface area contributed by atoms with Gasteiger partial charge in [0.05, 0.1) is 16.6 Å². The van der Waals surface area contributed by atoms with E-state index in [-0.39, 0.29) is 21.5 Å². The summed E-state index contributed by atoms with van der Waals surface area (Å²) < 4.78 is 7.26. The Morgan fingerprint density at radius 3 is 2.78 bits per heavy atom. The van der Waals surface area contributed by atoms with Gasteiger partial charge in [0, 0.05) is 29.6 Å². The third-order valence-corrected chi connectivity index (χ3v) is 5.26. The fourth-order valence-electron chi connectivity index (χ4n) is 3.16. The van der Waals surface area contributed by atoms with E-state index in [2.05, 4.69) is 9.98 Å². The number of benzene rings is 2. The van der Waals surface area contributed by atoms with E-state index < -0.39 is 4.92 Å². The molecule has 0 aliphatic carbocycles. The predicted octanol–water partition coefficient (Wildman–Crippen LogP) is 6.07. The molecule has 32 heavy (non-hydrogen) atoms. The van der Waals surface area contributed by atoms with E-state index in [0.717, 1.165) is 0 Å². The van der Waals surface area contributed by atoms with E-state index in [0.29, 0.717) is 40.6 Å². The summed E-state index contributed by atoms with van der Waals surface area (Å²) in [5.74, 6) is 0.820. The van der Waals surface area contributed by atoms with Gasteiger partial charge in [0.2, 0.25) is 0 Å². The van der Waals surface area contributed by atoms with Crippen LogP contribution in [-0.4, -0.2) is 32.2 Å². The van der Waals surface area contributed by atoms with Gasteiger partial charge in [0.25, 0.3) is 5.69 Å². The Labute approximate surface area is 192 Å². The van der Waals surface area contributed by atoms with Gasteiger partial charge in [-0.2, -0.15) is 0 Å². The number of phenols is 1. The van der Waals surface area contributed by atoms with Crippen LogP contribution in [0.2, 0.25) is 10.0 Å². The Kier molecular flexibility index (Phi) is 5.98. The Bertz CT molecular complexity index is 1370. The Hall–Kier alpha value is -3.62. The van der Waals surface area contributed by atoms with E-state index in [1.54, 1.807) is 22.7 Å². The van der Waals surface area contributed by atoms with Crippen molar-refractivity contribution in [3.63, 3.8) is 0 Å². The zero-order chi connectivity index (χ0) is 22.8. The number of ether oxygens (including phenoxy) is 1. The second-order valence-corrected chi connectivity index (χ2v) is 7.48. The fraction of sp³-hybridized carbons (Fsp3) is 0.0909. The number of aromatic nitrogens is 2. The van der Waals surface area contributed by atoms with Crippen molar-refractivity contribution >= 4 is 46.6 Å². The van der Waals surface area contributed by atoms with Gasteiger partial charge in [-0.05, 0) is 43.3 Å². The van der Waals surface area contributed by atoms with Crippen LogP contribution in [0.5, 0.6) is 11.5 Å². The highest BCUT2D eigenvalue weighted by atomic mass is 35.5. The molecule has 4 rings (SSSR count). The molecule has 0 saturated carbocycles. The smallest absolute Gasteiger partial charge is 0.288 e. The first-order valence-corrected chi connectivity index (χ1v) is 10.3. The normalized spacial score (nSPS) is 11.3. The number of nitro groups is 1. The number of hydrogen-bond acceptors (Lipinski definition) is 6. The maximum Gasteiger partial charge on any atom is 0.288 e. The zero-order valence-electron chi connectivity index (χ0n) is 16.7. The number of rotatable bonds is 6. The number of hydrogen-bond donors (Lipinski definition) is 1. The molecular formula is C22H16Cl2N4O4. The highest BCUT2D eigenvalue weighted by Crippen LogP contribution is 2.37. The second-order valence-electron chi connectivity index (χ2n) is 6.67. The van der Waals surface area contributed by atoms with Crippen molar-refractivity contribution in [1.29, 1.82) is 0 Å². The van der Waals surface area contributed by atoms with Crippen LogP contribution in [0.1, 0.15) is 12.5 Å². The number of aromatic hydroxyl groups is 1. The first-order chi connectivity index (χ1) is 15.4. The first-order valence-electron chi connectivity index (χ1n) is 9.49. The molecule has 0 unspecified atom stereocenters. The minimum absolute atomic E-state index is 0.0182. The zero-order valence-corrected chi connectivity index (χ0v) is 18.2. The van der Waals surface area contributed by atoms with E-state index >= 15 is 0 Å². The van der Waals surface area contributed by atoms with E-state index in [9.17, 15) is 15.2 Å². The number of aliphatic imine (C=N–C) groups is 1. The monoisotopic (exact) mass is 470 g/mol. The topological polar surface area (TPSA) is 102 Å². The van der Waals surface area contributed by atoms with Gasteiger partial charge in [-0.3, -0.25) is 14.5 Å². The molecule has 2 aromatic carbocycles. The van der Waals surface area contributed by atoms with Crippen LogP contribution < -0.4 is 4.74 Å². The molecule has 0 radical (unpaired) electrons. The lowest BCUT2D eigenvalue weighted by molar-refractivity contribution is -0.384. The van der Waals surface area contributed by atoms with E-state index in [1.807, 2.05) is 25.1 Å². The highest BCUT2D eigenvalue weighted by molar-refractivity contribution is 6.37. The molecule has 2 heterocycles. The van der Waals surface area contributed by atoms with Gasteiger partial charge >= 0.3 is 0 Å². The van der Waals surface area contributed by atoms with Crippen LogP contribution in [0.3, 0.4) is 0 Å². The summed E-state index contributed by atoms with van der Waals surface area (Å²) in [6.45, 7) is 2.21. The van der Waals surface area contributed by atoms with Crippen molar-refractivity contribution in [1.82, 2.24) is 9.38 Å². The highest BCUT2D eigenvalue weighted by Gasteiger charge is 2.17. The largest absolute Gasteiger partial charge is 0.504 e. The third kappa shape index (κ3) is 4.10. The molecular weight excluding hydrogens is 455 g/mol. The maximum atomic E-state index is 11.2. The van der Waals surface area contributed by atoms with Crippen molar-refractivity contribution in [2.45, 2.75) is 6.92 Å². The predicted molar refractivity (Wildman–Crippen MR) is 124 cm³/mol. The van der Waals surface area contributed by atoms with Crippen LogP contribution in [-0.2, 0) is 0 Å².